The van der Waals surface area contributed by atoms with Gasteiger partial charge in [0.1, 0.15) is 17.3 Å². The Balaban J connectivity index is 3.61. The van der Waals surface area contributed by atoms with Crippen molar-refractivity contribution >= 4 is 17.3 Å². The predicted molar refractivity (Wildman–Crippen MR) is 72.5 cm³/mol. The number of ketones is 3. The first kappa shape index (κ1) is 17.0. The van der Waals surface area contributed by atoms with Crippen LogP contribution in [0.25, 0.3) is 0 Å². The van der Waals surface area contributed by atoms with Gasteiger partial charge < -0.3 is 0 Å². The molecule has 0 unspecified atom stereocenters. The number of rotatable bonds is 12. The van der Waals surface area contributed by atoms with Gasteiger partial charge in [-0.1, -0.05) is 33.1 Å². The third-order valence-corrected chi connectivity index (χ3v) is 2.92. The second-order valence-corrected chi connectivity index (χ2v) is 4.85. The standard InChI is InChI=1S/C15H26O3/c1-3-5-6-7-9-14(17)12-15(18)11-10-13(16)8-4-2/h3-12H2,1-2H3. The van der Waals surface area contributed by atoms with Crippen LogP contribution < -0.4 is 0 Å². The summed E-state index contributed by atoms with van der Waals surface area (Å²) >= 11 is 0. The predicted octanol–water partition coefficient (Wildman–Crippen LogP) is 3.63. The molecule has 0 saturated heterocycles. The van der Waals surface area contributed by atoms with Gasteiger partial charge in [-0.2, -0.15) is 0 Å². The summed E-state index contributed by atoms with van der Waals surface area (Å²) in [5, 5.41) is 0. The van der Waals surface area contributed by atoms with E-state index in [0.717, 1.165) is 32.1 Å². The van der Waals surface area contributed by atoms with Crippen molar-refractivity contribution in [1.29, 1.82) is 0 Å². The molecular weight excluding hydrogens is 228 g/mol. The summed E-state index contributed by atoms with van der Waals surface area (Å²) in [7, 11) is 0. The van der Waals surface area contributed by atoms with E-state index in [1.54, 1.807) is 0 Å². The number of Topliss-reactive ketones (excluding diaryl/α,β-unsaturated/α-hetero) is 3. The molecule has 0 spiro atoms. The summed E-state index contributed by atoms with van der Waals surface area (Å²) in [5.74, 6) is 0.0697. The highest BCUT2D eigenvalue weighted by Crippen LogP contribution is 2.07. The average Bonchev–Trinajstić information content (AvgIpc) is 2.32. The molecule has 0 N–H and O–H groups in total. The molecule has 0 radical (unpaired) electrons. The van der Waals surface area contributed by atoms with Gasteiger partial charge in [-0.15, -0.1) is 0 Å². The molecule has 18 heavy (non-hydrogen) atoms. The Bertz CT molecular complexity index is 269. The average molecular weight is 254 g/mol. The Hall–Kier alpha value is -0.990. The van der Waals surface area contributed by atoms with E-state index in [1.807, 2.05) is 6.92 Å². The largest absolute Gasteiger partial charge is 0.300 e. The fourth-order valence-corrected chi connectivity index (χ4v) is 1.83. The number of carbonyl (C=O) groups is 3. The Morgan fingerprint density at radius 3 is 1.83 bits per heavy atom. The zero-order chi connectivity index (χ0) is 13.8. The lowest BCUT2D eigenvalue weighted by Crippen LogP contribution is -2.09. The highest BCUT2D eigenvalue weighted by molar-refractivity contribution is 6.00. The number of carbonyl (C=O) groups excluding carboxylic acids is 3. The normalized spacial score (nSPS) is 10.3. The van der Waals surface area contributed by atoms with Crippen molar-refractivity contribution in [2.24, 2.45) is 0 Å². The molecule has 3 nitrogen and oxygen atoms in total. The monoisotopic (exact) mass is 254 g/mol. The first-order valence-electron chi connectivity index (χ1n) is 7.15. The SMILES string of the molecule is CCCCCCC(=O)CC(=O)CCC(=O)CCC. The van der Waals surface area contributed by atoms with E-state index in [4.69, 9.17) is 0 Å². The zero-order valence-corrected chi connectivity index (χ0v) is 11.8. The van der Waals surface area contributed by atoms with Crippen LogP contribution in [-0.2, 0) is 14.4 Å². The van der Waals surface area contributed by atoms with Crippen molar-refractivity contribution < 1.29 is 14.4 Å². The van der Waals surface area contributed by atoms with Gasteiger partial charge in [0.05, 0.1) is 6.42 Å². The molecule has 0 aliphatic rings. The summed E-state index contributed by atoms with van der Waals surface area (Å²) < 4.78 is 0. The van der Waals surface area contributed by atoms with E-state index in [2.05, 4.69) is 6.92 Å². The van der Waals surface area contributed by atoms with Crippen LogP contribution >= 0.6 is 0 Å². The lowest BCUT2D eigenvalue weighted by molar-refractivity contribution is -0.129. The molecule has 104 valence electrons. The molecule has 3 heteroatoms. The van der Waals surface area contributed by atoms with Crippen LogP contribution in [-0.4, -0.2) is 17.3 Å². The lowest BCUT2D eigenvalue weighted by atomic mass is 10.0. The van der Waals surface area contributed by atoms with Crippen LogP contribution in [0, 0.1) is 0 Å². The summed E-state index contributed by atoms with van der Waals surface area (Å²) in [6.07, 6.45) is 6.66. The lowest BCUT2D eigenvalue weighted by Gasteiger charge is -2.01. The van der Waals surface area contributed by atoms with Crippen LogP contribution in [0.15, 0.2) is 0 Å². The minimum atomic E-state index is -0.0834. The summed E-state index contributed by atoms with van der Waals surface area (Å²) in [6.45, 7) is 4.07. The van der Waals surface area contributed by atoms with Crippen LogP contribution in [0.3, 0.4) is 0 Å². The van der Waals surface area contributed by atoms with Crippen LogP contribution in [0.5, 0.6) is 0 Å². The van der Waals surface area contributed by atoms with Gasteiger partial charge in [-0.25, -0.2) is 0 Å². The van der Waals surface area contributed by atoms with E-state index in [0.29, 0.717) is 19.3 Å². The summed E-state index contributed by atoms with van der Waals surface area (Å²) in [6, 6.07) is 0. The molecule has 0 aromatic heterocycles. The van der Waals surface area contributed by atoms with E-state index in [1.165, 1.54) is 0 Å². The van der Waals surface area contributed by atoms with E-state index < -0.39 is 0 Å². The first-order valence-corrected chi connectivity index (χ1v) is 7.15. The number of hydrogen-bond donors (Lipinski definition) is 0. The van der Waals surface area contributed by atoms with Gasteiger partial charge in [-0.3, -0.25) is 14.4 Å². The summed E-state index contributed by atoms with van der Waals surface area (Å²) in [5.41, 5.74) is 0. The Labute approximate surface area is 110 Å². The first-order chi connectivity index (χ1) is 8.60. The van der Waals surface area contributed by atoms with Gasteiger partial charge in [0, 0.05) is 25.7 Å². The maximum Gasteiger partial charge on any atom is 0.140 e. The van der Waals surface area contributed by atoms with Crippen LogP contribution in [0.2, 0.25) is 0 Å². The molecule has 0 heterocycles. The smallest absolute Gasteiger partial charge is 0.140 e. The van der Waals surface area contributed by atoms with Crippen molar-refractivity contribution in [3.05, 3.63) is 0 Å². The molecule has 0 bridgehead atoms. The highest BCUT2D eigenvalue weighted by atomic mass is 16.1. The molecule has 0 saturated carbocycles. The van der Waals surface area contributed by atoms with E-state index >= 15 is 0 Å². The van der Waals surface area contributed by atoms with Gasteiger partial charge in [-0.05, 0) is 12.8 Å². The van der Waals surface area contributed by atoms with Gasteiger partial charge in [0.15, 0.2) is 0 Å². The van der Waals surface area contributed by atoms with Crippen molar-refractivity contribution in [2.75, 3.05) is 0 Å². The second-order valence-electron chi connectivity index (χ2n) is 4.85. The number of unbranched alkanes of at least 4 members (excludes halogenated alkanes) is 3. The third kappa shape index (κ3) is 10.2. The molecule has 0 rings (SSSR count). The van der Waals surface area contributed by atoms with Crippen molar-refractivity contribution in [1.82, 2.24) is 0 Å². The fourth-order valence-electron chi connectivity index (χ4n) is 1.83. The third-order valence-electron chi connectivity index (χ3n) is 2.92. The zero-order valence-electron chi connectivity index (χ0n) is 11.8. The van der Waals surface area contributed by atoms with Crippen LogP contribution in [0.4, 0.5) is 0 Å². The molecule has 0 fully saturated rings. The molecule has 0 atom stereocenters. The van der Waals surface area contributed by atoms with Crippen molar-refractivity contribution in [2.45, 2.75) is 78.1 Å². The topological polar surface area (TPSA) is 51.2 Å². The maximum atomic E-state index is 11.5. The minimum absolute atomic E-state index is 0.0194. The molecule has 0 aromatic rings. The highest BCUT2D eigenvalue weighted by Gasteiger charge is 2.11. The molecule has 0 aliphatic heterocycles. The fraction of sp³-hybridized carbons (Fsp3) is 0.800. The van der Waals surface area contributed by atoms with Crippen LogP contribution in [0.1, 0.15) is 78.1 Å². The molecule has 0 aromatic carbocycles. The quantitative estimate of drug-likeness (QED) is 0.394. The Morgan fingerprint density at radius 1 is 0.611 bits per heavy atom. The Morgan fingerprint density at radius 2 is 1.22 bits per heavy atom. The van der Waals surface area contributed by atoms with E-state index in [-0.39, 0.29) is 30.2 Å². The Kier molecular flexibility index (Phi) is 10.5. The molecular formula is C15H26O3. The van der Waals surface area contributed by atoms with E-state index in [9.17, 15) is 14.4 Å². The molecule has 0 aliphatic carbocycles. The van der Waals surface area contributed by atoms with Gasteiger partial charge in [0.25, 0.3) is 0 Å². The summed E-state index contributed by atoms with van der Waals surface area (Å²) in [4.78, 5) is 34.2. The number of hydrogen-bond acceptors (Lipinski definition) is 3. The second kappa shape index (κ2) is 11.1. The van der Waals surface area contributed by atoms with Gasteiger partial charge in [0.2, 0.25) is 0 Å². The van der Waals surface area contributed by atoms with Gasteiger partial charge >= 0.3 is 0 Å². The van der Waals surface area contributed by atoms with Crippen molar-refractivity contribution in [3.63, 3.8) is 0 Å². The maximum absolute atomic E-state index is 11.5. The minimum Gasteiger partial charge on any atom is -0.300 e. The molecule has 0 amide bonds. The van der Waals surface area contributed by atoms with Crippen molar-refractivity contribution in [3.8, 4) is 0 Å².